The van der Waals surface area contributed by atoms with Gasteiger partial charge < -0.3 is 5.11 Å². The van der Waals surface area contributed by atoms with E-state index in [4.69, 9.17) is 0 Å². The first-order valence-electron chi connectivity index (χ1n) is 8.26. The van der Waals surface area contributed by atoms with Crippen molar-refractivity contribution in [1.82, 2.24) is 4.98 Å². The van der Waals surface area contributed by atoms with Gasteiger partial charge in [-0.05, 0) is 44.0 Å². The summed E-state index contributed by atoms with van der Waals surface area (Å²) in [4.78, 5) is 29.2. The number of benzene rings is 1. The summed E-state index contributed by atoms with van der Waals surface area (Å²) in [6.45, 7) is 4.06. The number of carbonyl (C=O) groups excluding carboxylic acids is 1. The first-order chi connectivity index (χ1) is 12.4. The van der Waals surface area contributed by atoms with Gasteiger partial charge in [0.15, 0.2) is 5.78 Å². The van der Waals surface area contributed by atoms with Gasteiger partial charge in [0, 0.05) is 27.1 Å². The summed E-state index contributed by atoms with van der Waals surface area (Å²) in [5, 5.41) is 9.51. The molecule has 0 fully saturated rings. The van der Waals surface area contributed by atoms with Gasteiger partial charge in [-0.1, -0.05) is 36.4 Å². The van der Waals surface area contributed by atoms with Gasteiger partial charge in [-0.15, -0.1) is 11.8 Å². The summed E-state index contributed by atoms with van der Waals surface area (Å²) >= 11 is 1.57. The maximum absolute atomic E-state index is 12.6. The number of aromatic nitrogens is 1. The lowest BCUT2D eigenvalue weighted by Gasteiger charge is -2.24. The average molecular weight is 365 g/mol. The number of hydrogen-bond donors (Lipinski definition) is 1. The molecule has 3 rings (SSSR count). The van der Waals surface area contributed by atoms with Crippen LogP contribution in [-0.2, 0) is 9.54 Å². The number of pyridine rings is 1. The van der Waals surface area contributed by atoms with Crippen LogP contribution in [0, 0.1) is 6.92 Å². The van der Waals surface area contributed by atoms with Gasteiger partial charge in [0.25, 0.3) is 0 Å². The van der Waals surface area contributed by atoms with Crippen LogP contribution < -0.4 is 0 Å². The molecular formula is C21H19NO3S. The van der Waals surface area contributed by atoms with E-state index in [2.05, 4.69) is 11.9 Å². The van der Waals surface area contributed by atoms with Crippen molar-refractivity contribution in [2.45, 2.75) is 25.0 Å². The quantitative estimate of drug-likeness (QED) is 0.365. The lowest BCUT2D eigenvalue weighted by atomic mass is 9.97. The van der Waals surface area contributed by atoms with Gasteiger partial charge in [0.1, 0.15) is 5.57 Å². The van der Waals surface area contributed by atoms with Crippen LogP contribution in [0.5, 0.6) is 0 Å². The van der Waals surface area contributed by atoms with Gasteiger partial charge in [0.2, 0.25) is 0 Å². The highest BCUT2D eigenvalue weighted by Crippen LogP contribution is 2.49. The average Bonchev–Trinajstić information content (AvgIpc) is 3.02. The third-order valence-corrected chi connectivity index (χ3v) is 5.71. The normalized spacial score (nSPS) is 19.9. The Morgan fingerprint density at radius 1 is 1.23 bits per heavy atom. The summed E-state index contributed by atoms with van der Waals surface area (Å²) in [5.41, 5.74) is 2.24. The zero-order valence-corrected chi connectivity index (χ0v) is 15.4. The van der Waals surface area contributed by atoms with E-state index in [0.29, 0.717) is 5.56 Å². The smallest absolute Gasteiger partial charge is 0.339 e. The highest BCUT2D eigenvalue weighted by molar-refractivity contribution is 8.04. The van der Waals surface area contributed by atoms with Crippen LogP contribution in [0.4, 0.5) is 0 Å². The summed E-state index contributed by atoms with van der Waals surface area (Å²) in [5.74, 6) is -1.69. The molecule has 1 aromatic carbocycles. The SMILES string of the molecule is Cc1cc(C2(C)CC=C(/C=C(\C(=O)O)C(=O)c3ccccc3)S2)ccn1. The number of carboxylic acids is 1. The van der Waals surface area contributed by atoms with Crippen LogP contribution in [0.1, 0.15) is 35.0 Å². The largest absolute Gasteiger partial charge is 0.478 e. The third-order valence-electron chi connectivity index (χ3n) is 4.34. The zero-order chi connectivity index (χ0) is 18.7. The maximum Gasteiger partial charge on any atom is 0.339 e. The Balaban J connectivity index is 1.86. The Kier molecular flexibility index (Phi) is 5.09. The van der Waals surface area contributed by atoms with Crippen molar-refractivity contribution in [3.63, 3.8) is 0 Å². The Labute approximate surface area is 156 Å². The fourth-order valence-electron chi connectivity index (χ4n) is 2.89. The van der Waals surface area contributed by atoms with Crippen molar-refractivity contribution in [1.29, 1.82) is 0 Å². The second kappa shape index (κ2) is 7.30. The van der Waals surface area contributed by atoms with Gasteiger partial charge in [-0.25, -0.2) is 4.79 Å². The first kappa shape index (κ1) is 18.1. The summed E-state index contributed by atoms with van der Waals surface area (Å²) in [6.07, 6.45) is 6.02. The molecule has 0 saturated carbocycles. The molecule has 1 aliphatic heterocycles. The van der Waals surface area contributed by atoms with E-state index in [0.717, 1.165) is 22.6 Å². The maximum atomic E-state index is 12.6. The number of ketones is 1. The summed E-state index contributed by atoms with van der Waals surface area (Å²) in [6, 6.07) is 12.5. The number of aliphatic carboxylic acids is 1. The van der Waals surface area contributed by atoms with Crippen LogP contribution in [0.2, 0.25) is 0 Å². The van der Waals surface area contributed by atoms with E-state index in [1.165, 1.54) is 6.08 Å². The number of aryl methyl sites for hydroxylation is 1. The molecule has 0 amide bonds. The van der Waals surface area contributed by atoms with E-state index >= 15 is 0 Å². The van der Waals surface area contributed by atoms with E-state index in [1.54, 1.807) is 48.3 Å². The number of allylic oxidation sites excluding steroid dienone is 2. The molecule has 1 aliphatic rings. The molecule has 0 bridgehead atoms. The fraction of sp³-hybridized carbons (Fsp3) is 0.190. The second-order valence-electron chi connectivity index (χ2n) is 6.39. The molecular weight excluding hydrogens is 346 g/mol. The Morgan fingerprint density at radius 2 is 1.96 bits per heavy atom. The lowest BCUT2D eigenvalue weighted by Crippen LogP contribution is -2.14. The van der Waals surface area contributed by atoms with Crippen LogP contribution >= 0.6 is 11.8 Å². The monoisotopic (exact) mass is 365 g/mol. The van der Waals surface area contributed by atoms with Gasteiger partial charge in [-0.3, -0.25) is 9.78 Å². The molecule has 1 unspecified atom stereocenters. The van der Waals surface area contributed by atoms with Gasteiger partial charge in [-0.2, -0.15) is 0 Å². The van der Waals surface area contributed by atoms with Crippen molar-refractivity contribution in [3.05, 3.63) is 88.1 Å². The number of hydrogen-bond acceptors (Lipinski definition) is 4. The van der Waals surface area contributed by atoms with E-state index < -0.39 is 11.8 Å². The van der Waals surface area contributed by atoms with E-state index in [9.17, 15) is 14.7 Å². The van der Waals surface area contributed by atoms with Crippen molar-refractivity contribution >= 4 is 23.5 Å². The molecule has 0 spiro atoms. The summed E-state index contributed by atoms with van der Waals surface area (Å²) < 4.78 is -0.195. The number of nitrogens with zero attached hydrogens (tertiary/aromatic N) is 1. The summed E-state index contributed by atoms with van der Waals surface area (Å²) in [7, 11) is 0. The molecule has 2 aromatic rings. The number of carboxylic acid groups (broad SMARTS) is 1. The molecule has 0 radical (unpaired) electrons. The predicted molar refractivity (Wildman–Crippen MR) is 103 cm³/mol. The second-order valence-corrected chi connectivity index (χ2v) is 7.96. The molecule has 132 valence electrons. The van der Waals surface area contributed by atoms with Crippen molar-refractivity contribution in [2.24, 2.45) is 0 Å². The molecule has 5 heteroatoms. The number of carbonyl (C=O) groups is 2. The molecule has 2 heterocycles. The van der Waals surface area contributed by atoms with Crippen molar-refractivity contribution in [2.75, 3.05) is 0 Å². The van der Waals surface area contributed by atoms with E-state index in [-0.39, 0.29) is 10.3 Å². The third kappa shape index (κ3) is 3.78. The molecule has 0 aliphatic carbocycles. The number of rotatable bonds is 5. The molecule has 1 aromatic heterocycles. The van der Waals surface area contributed by atoms with Crippen LogP contribution in [0.25, 0.3) is 0 Å². The molecule has 4 nitrogen and oxygen atoms in total. The first-order valence-corrected chi connectivity index (χ1v) is 9.08. The minimum Gasteiger partial charge on any atom is -0.478 e. The highest BCUT2D eigenvalue weighted by atomic mass is 32.2. The van der Waals surface area contributed by atoms with Crippen molar-refractivity contribution < 1.29 is 14.7 Å². The Hall–Kier alpha value is -2.66. The lowest BCUT2D eigenvalue weighted by molar-refractivity contribution is -0.132. The van der Waals surface area contributed by atoms with E-state index in [1.807, 2.05) is 25.1 Å². The molecule has 0 saturated heterocycles. The molecule has 26 heavy (non-hydrogen) atoms. The number of thioether (sulfide) groups is 1. The molecule has 1 N–H and O–H groups in total. The Morgan fingerprint density at radius 3 is 2.62 bits per heavy atom. The van der Waals surface area contributed by atoms with Crippen LogP contribution in [0.3, 0.4) is 0 Å². The van der Waals surface area contributed by atoms with Crippen LogP contribution in [-0.4, -0.2) is 21.8 Å². The zero-order valence-electron chi connectivity index (χ0n) is 14.6. The standard InChI is InChI=1S/C21H19NO3S/c1-14-12-16(9-11-22-14)21(2)10-8-17(26-21)13-18(20(24)25)19(23)15-6-4-3-5-7-15/h3-9,11-13H,10H2,1-2H3,(H,24,25)/b18-13-. The Bertz CT molecular complexity index is 918. The van der Waals surface area contributed by atoms with Gasteiger partial charge >= 0.3 is 5.97 Å². The topological polar surface area (TPSA) is 67.3 Å². The van der Waals surface area contributed by atoms with Crippen molar-refractivity contribution in [3.8, 4) is 0 Å². The predicted octanol–water partition coefficient (Wildman–Crippen LogP) is 4.52. The highest BCUT2D eigenvalue weighted by Gasteiger charge is 2.33. The van der Waals surface area contributed by atoms with Crippen LogP contribution in [0.15, 0.2) is 71.3 Å². The minimum absolute atomic E-state index is 0.195. The fourth-order valence-corrected chi connectivity index (χ4v) is 4.17. The van der Waals surface area contributed by atoms with Gasteiger partial charge in [0.05, 0.1) is 0 Å². The molecule has 1 atom stereocenters. The number of Topliss-reactive ketones (excluding diaryl/α,β-unsaturated/α-hetero) is 1. The minimum atomic E-state index is -1.21.